The van der Waals surface area contributed by atoms with E-state index >= 15 is 0 Å². The molecule has 1 aromatic heterocycles. The molecule has 0 spiro atoms. The first-order valence-corrected chi connectivity index (χ1v) is 16.6. The fourth-order valence-corrected chi connectivity index (χ4v) is 9.40. The second-order valence-corrected chi connectivity index (χ2v) is 13.8. The van der Waals surface area contributed by atoms with Gasteiger partial charge in [0.05, 0.1) is 19.7 Å². The van der Waals surface area contributed by atoms with Crippen molar-refractivity contribution in [3.05, 3.63) is 65.1 Å². The minimum atomic E-state index is -0.216. The number of ether oxygens (including phenoxy) is 1. The fourth-order valence-electron chi connectivity index (χ4n) is 5.68. The summed E-state index contributed by atoms with van der Waals surface area (Å²) >= 11 is 0. The summed E-state index contributed by atoms with van der Waals surface area (Å²) in [4.78, 5) is 31.6. The van der Waals surface area contributed by atoms with Crippen LogP contribution in [-0.4, -0.2) is 54.3 Å². The van der Waals surface area contributed by atoms with Crippen LogP contribution < -0.4 is 20.3 Å². The number of methoxy groups -OCH3 is 1. The van der Waals surface area contributed by atoms with E-state index in [1.165, 1.54) is 23.6 Å². The number of pyridine rings is 1. The molecule has 2 bridgehead atoms. The number of carbonyl (C=O) groups is 2. The summed E-state index contributed by atoms with van der Waals surface area (Å²) in [6.07, 6.45) is 12.9. The molecule has 1 aromatic carbocycles. The van der Waals surface area contributed by atoms with Crippen molar-refractivity contribution in [3.8, 4) is 11.5 Å². The number of hydrogen-bond donors (Lipinski definition) is 4. The molecular formula is C31H39N4O4S2+. The van der Waals surface area contributed by atoms with Crippen LogP contribution in [0.2, 0.25) is 0 Å². The SMILES string of the molecule is CCC1CCC(=O)CC(=O)C=Cc2cc(OC)c(O)cc2Cc2cnc3c(c2)C(C[NH+]2C=CNC2)(CCN3)SSC1. The van der Waals surface area contributed by atoms with Crippen molar-refractivity contribution < 1.29 is 24.3 Å². The maximum Gasteiger partial charge on any atom is 0.163 e. The van der Waals surface area contributed by atoms with Gasteiger partial charge in [0.15, 0.2) is 24.0 Å². The normalized spacial score (nSPS) is 25.0. The summed E-state index contributed by atoms with van der Waals surface area (Å²) in [5.41, 5.74) is 3.85. The van der Waals surface area contributed by atoms with Crippen molar-refractivity contribution in [3.63, 3.8) is 0 Å². The van der Waals surface area contributed by atoms with Gasteiger partial charge >= 0.3 is 0 Å². The lowest BCUT2D eigenvalue weighted by Gasteiger charge is -2.38. The van der Waals surface area contributed by atoms with E-state index in [1.807, 2.05) is 34.0 Å². The third-order valence-electron chi connectivity index (χ3n) is 8.12. The highest BCUT2D eigenvalue weighted by molar-refractivity contribution is 8.77. The molecule has 4 heterocycles. The smallest absolute Gasteiger partial charge is 0.163 e. The molecule has 3 atom stereocenters. The fraction of sp³-hybridized carbons (Fsp3) is 0.452. The van der Waals surface area contributed by atoms with Crippen molar-refractivity contribution in [1.29, 1.82) is 0 Å². The van der Waals surface area contributed by atoms with Gasteiger partial charge in [-0.25, -0.2) is 4.98 Å². The molecule has 0 saturated carbocycles. The molecule has 8 nitrogen and oxygen atoms in total. The number of quaternary nitrogens is 1. The van der Waals surface area contributed by atoms with E-state index in [9.17, 15) is 14.7 Å². The van der Waals surface area contributed by atoms with Crippen LogP contribution in [-0.2, 0) is 20.8 Å². The standard InChI is InChI=1S/C31H38N4O4S2/c1-3-21-4-6-25(36)16-26(37)7-5-23-15-29(39-2)28(38)14-24(23)12-22-13-27-30(34-17-22)33-9-8-31(27,41-40-18-21)19-35-11-10-32-20-35/h5,7,10-11,13-15,17,21,32,38H,3-4,6,8-9,12,16,18-20H2,1-2H3,(H,33,34)/p+1. The number of carbonyl (C=O) groups excluding carboxylic acids is 2. The van der Waals surface area contributed by atoms with Crippen LogP contribution in [0.4, 0.5) is 5.82 Å². The first kappa shape index (κ1) is 29.5. The lowest BCUT2D eigenvalue weighted by atomic mass is 9.89. The number of rotatable bonds is 4. The van der Waals surface area contributed by atoms with Crippen LogP contribution in [0.15, 0.2) is 42.9 Å². The van der Waals surface area contributed by atoms with Crippen molar-refractivity contribution in [2.24, 2.45) is 5.92 Å². The van der Waals surface area contributed by atoms with Crippen molar-refractivity contribution in [1.82, 2.24) is 10.3 Å². The third kappa shape index (κ3) is 7.10. The van der Waals surface area contributed by atoms with Gasteiger partial charge < -0.3 is 20.5 Å². The number of hydrogen-bond acceptors (Lipinski definition) is 9. The molecule has 0 saturated heterocycles. The van der Waals surface area contributed by atoms with E-state index in [0.717, 1.165) is 67.3 Å². The molecular weight excluding hydrogens is 556 g/mol. The Kier molecular flexibility index (Phi) is 9.62. The highest BCUT2D eigenvalue weighted by Gasteiger charge is 2.43. The number of aromatic nitrogens is 1. The Balaban J connectivity index is 1.56. The molecule has 218 valence electrons. The average Bonchev–Trinajstić information content (AvgIpc) is 3.47. The number of nitrogens with zero attached hydrogens (tertiary/aromatic N) is 1. The summed E-state index contributed by atoms with van der Waals surface area (Å²) in [7, 11) is 5.35. The topological polar surface area (TPSA) is 105 Å². The second kappa shape index (κ2) is 13.4. The first-order chi connectivity index (χ1) is 19.9. The van der Waals surface area contributed by atoms with E-state index in [4.69, 9.17) is 9.72 Å². The number of phenols is 1. The Labute approximate surface area is 249 Å². The minimum Gasteiger partial charge on any atom is -0.504 e. The molecule has 10 heteroatoms. The minimum absolute atomic E-state index is 0.0159. The number of anilines is 1. The molecule has 0 fully saturated rings. The maximum atomic E-state index is 12.7. The molecule has 2 aromatic rings. The Hall–Kier alpha value is -2.95. The van der Waals surface area contributed by atoms with Crippen LogP contribution in [0.3, 0.4) is 0 Å². The van der Waals surface area contributed by atoms with Gasteiger partial charge in [-0.1, -0.05) is 41.0 Å². The molecule has 41 heavy (non-hydrogen) atoms. The number of fused-ring (bicyclic) bond motifs is 2. The Bertz CT molecular complexity index is 1350. The zero-order chi connectivity index (χ0) is 28.8. The highest BCUT2D eigenvalue weighted by atomic mass is 33.1. The number of aromatic hydroxyl groups is 1. The van der Waals surface area contributed by atoms with Gasteiger partial charge in [0.25, 0.3) is 0 Å². The van der Waals surface area contributed by atoms with Gasteiger partial charge in [-0.05, 0) is 66.1 Å². The number of phenolic OH excluding ortho intramolecular Hbond substituents is 1. The number of allylic oxidation sites excluding steroid dienone is 1. The monoisotopic (exact) mass is 595 g/mol. The van der Waals surface area contributed by atoms with Gasteiger partial charge in [-0.15, -0.1) is 0 Å². The number of benzene rings is 1. The summed E-state index contributed by atoms with van der Waals surface area (Å²) in [6, 6.07) is 5.70. The molecule has 0 radical (unpaired) electrons. The zero-order valence-electron chi connectivity index (χ0n) is 23.7. The van der Waals surface area contributed by atoms with Gasteiger partial charge in [-0.3, -0.25) is 14.5 Å². The van der Waals surface area contributed by atoms with Gasteiger partial charge in [0.2, 0.25) is 0 Å². The Morgan fingerprint density at radius 1 is 1.22 bits per heavy atom. The van der Waals surface area contributed by atoms with Crippen LogP contribution in [0.5, 0.6) is 11.5 Å². The number of Topliss-reactive ketones (excluding diaryl/α,β-unsaturated/α-hetero) is 1. The Morgan fingerprint density at radius 2 is 2.10 bits per heavy atom. The van der Waals surface area contributed by atoms with E-state index in [0.29, 0.717) is 24.5 Å². The Morgan fingerprint density at radius 3 is 2.88 bits per heavy atom. The third-order valence-corrected chi connectivity index (χ3v) is 11.5. The molecule has 4 N–H and O–H groups in total. The summed E-state index contributed by atoms with van der Waals surface area (Å²) in [5, 5.41) is 17.5. The summed E-state index contributed by atoms with van der Waals surface area (Å²) < 4.78 is 5.21. The van der Waals surface area contributed by atoms with Crippen LogP contribution in [0, 0.1) is 5.92 Å². The largest absolute Gasteiger partial charge is 0.504 e. The van der Waals surface area contributed by atoms with E-state index in [-0.39, 0.29) is 28.5 Å². The molecule has 0 aliphatic carbocycles. The second-order valence-electron chi connectivity index (χ2n) is 11.1. The predicted octanol–water partition coefficient (Wildman–Crippen LogP) is 4.06. The van der Waals surface area contributed by atoms with Crippen molar-refractivity contribution >= 4 is 45.0 Å². The van der Waals surface area contributed by atoms with Gasteiger partial charge in [-0.2, -0.15) is 0 Å². The van der Waals surface area contributed by atoms with Gasteiger partial charge in [0, 0.05) is 30.5 Å². The van der Waals surface area contributed by atoms with E-state index in [2.05, 4.69) is 29.8 Å². The lowest BCUT2D eigenvalue weighted by molar-refractivity contribution is -0.845. The molecule has 3 aliphatic rings. The predicted molar refractivity (Wildman–Crippen MR) is 166 cm³/mol. The molecule has 3 unspecified atom stereocenters. The van der Waals surface area contributed by atoms with Crippen LogP contribution >= 0.6 is 21.6 Å². The lowest BCUT2D eigenvalue weighted by Crippen LogP contribution is -3.09. The van der Waals surface area contributed by atoms with E-state index < -0.39 is 0 Å². The van der Waals surface area contributed by atoms with Crippen molar-refractivity contribution in [2.75, 3.05) is 37.9 Å². The van der Waals surface area contributed by atoms with Crippen LogP contribution in [0.1, 0.15) is 61.3 Å². The first-order valence-electron chi connectivity index (χ1n) is 14.3. The number of ketones is 2. The molecule has 0 amide bonds. The van der Waals surface area contributed by atoms with Crippen molar-refractivity contribution in [2.45, 2.75) is 50.2 Å². The average molecular weight is 596 g/mol. The molecule has 5 rings (SSSR count). The maximum absolute atomic E-state index is 12.7. The summed E-state index contributed by atoms with van der Waals surface area (Å²) in [5.74, 6) is 2.44. The van der Waals surface area contributed by atoms with E-state index in [1.54, 1.807) is 18.2 Å². The summed E-state index contributed by atoms with van der Waals surface area (Å²) in [6.45, 7) is 4.84. The zero-order valence-corrected chi connectivity index (χ0v) is 25.3. The van der Waals surface area contributed by atoms with Crippen LogP contribution in [0.25, 0.3) is 6.08 Å². The quantitative estimate of drug-likeness (QED) is 0.308. The molecule has 3 aliphatic heterocycles. The number of nitrogens with one attached hydrogen (secondary N) is 3. The highest BCUT2D eigenvalue weighted by Crippen LogP contribution is 2.50. The van der Waals surface area contributed by atoms with Gasteiger partial charge in [0.1, 0.15) is 29.1 Å².